The topological polar surface area (TPSA) is 84.0 Å². The summed E-state index contributed by atoms with van der Waals surface area (Å²) in [5.74, 6) is 0.385. The molecular formula is C18H25N5O2. The summed E-state index contributed by atoms with van der Waals surface area (Å²) in [6.45, 7) is 7.15. The molecule has 1 aliphatic heterocycles. The molecule has 7 nitrogen and oxygen atoms in total. The van der Waals surface area contributed by atoms with E-state index in [2.05, 4.69) is 20.2 Å². The van der Waals surface area contributed by atoms with E-state index < -0.39 is 5.60 Å². The molecule has 1 atom stereocenters. The van der Waals surface area contributed by atoms with Crippen LogP contribution in [0.1, 0.15) is 39.3 Å². The largest absolute Gasteiger partial charge is 0.444 e. The van der Waals surface area contributed by atoms with E-state index in [9.17, 15) is 4.79 Å². The molecule has 0 bridgehead atoms. The third-order valence-corrected chi connectivity index (χ3v) is 4.17. The van der Waals surface area contributed by atoms with E-state index in [4.69, 9.17) is 4.74 Å². The van der Waals surface area contributed by atoms with Gasteiger partial charge in [-0.2, -0.15) is 5.10 Å². The second-order valence-electron chi connectivity index (χ2n) is 7.52. The van der Waals surface area contributed by atoms with Gasteiger partial charge in [0.1, 0.15) is 5.60 Å². The quantitative estimate of drug-likeness (QED) is 0.926. The zero-order valence-electron chi connectivity index (χ0n) is 15.0. The maximum absolute atomic E-state index is 12.3. The number of aromatic nitrogens is 4. The fraction of sp³-hybridized carbons (Fsp3) is 0.556. The van der Waals surface area contributed by atoms with Crippen LogP contribution in [-0.4, -0.2) is 49.8 Å². The number of hydrogen-bond donors (Lipinski definition) is 1. The van der Waals surface area contributed by atoms with Crippen molar-refractivity contribution in [2.75, 3.05) is 13.1 Å². The van der Waals surface area contributed by atoms with Crippen LogP contribution >= 0.6 is 0 Å². The van der Waals surface area contributed by atoms with Crippen LogP contribution in [0.5, 0.6) is 0 Å². The van der Waals surface area contributed by atoms with Crippen LogP contribution < -0.4 is 0 Å². The number of nitrogens with one attached hydrogen (secondary N) is 1. The molecule has 3 heterocycles. The van der Waals surface area contributed by atoms with Crippen LogP contribution in [0.3, 0.4) is 0 Å². The van der Waals surface area contributed by atoms with Crippen molar-refractivity contribution in [3.63, 3.8) is 0 Å². The van der Waals surface area contributed by atoms with Crippen molar-refractivity contribution < 1.29 is 9.53 Å². The summed E-state index contributed by atoms with van der Waals surface area (Å²) >= 11 is 0. The zero-order valence-corrected chi connectivity index (χ0v) is 15.0. The van der Waals surface area contributed by atoms with Crippen molar-refractivity contribution in [3.8, 4) is 11.3 Å². The third kappa shape index (κ3) is 4.78. The molecule has 0 spiro atoms. The van der Waals surface area contributed by atoms with Gasteiger partial charge in [0.2, 0.25) is 0 Å². The van der Waals surface area contributed by atoms with Gasteiger partial charge in [0, 0.05) is 31.0 Å². The van der Waals surface area contributed by atoms with Crippen molar-refractivity contribution in [1.29, 1.82) is 0 Å². The van der Waals surface area contributed by atoms with Gasteiger partial charge in [-0.3, -0.25) is 15.1 Å². The van der Waals surface area contributed by atoms with E-state index in [1.54, 1.807) is 18.6 Å². The van der Waals surface area contributed by atoms with E-state index in [-0.39, 0.29) is 6.09 Å². The number of H-pyrrole nitrogens is 1. The molecule has 1 N–H and O–H groups in total. The number of carbonyl (C=O) groups is 1. The lowest BCUT2D eigenvalue weighted by atomic mass is 9.94. The highest BCUT2D eigenvalue weighted by molar-refractivity contribution is 5.68. The van der Waals surface area contributed by atoms with Crippen LogP contribution in [0, 0.1) is 5.92 Å². The third-order valence-electron chi connectivity index (χ3n) is 4.17. The highest BCUT2D eigenvalue weighted by Gasteiger charge is 2.27. The van der Waals surface area contributed by atoms with Gasteiger partial charge >= 0.3 is 6.09 Å². The minimum atomic E-state index is -0.460. The maximum atomic E-state index is 12.3. The molecule has 1 fully saturated rings. The molecule has 1 saturated heterocycles. The fourth-order valence-corrected chi connectivity index (χ4v) is 3.02. The average Bonchev–Trinajstić information content (AvgIpc) is 3.09. The second-order valence-corrected chi connectivity index (χ2v) is 7.52. The Morgan fingerprint density at radius 1 is 1.32 bits per heavy atom. The number of hydrogen-bond acceptors (Lipinski definition) is 5. The molecule has 1 amide bonds. The fourth-order valence-electron chi connectivity index (χ4n) is 3.02. The average molecular weight is 343 g/mol. The number of nitrogens with zero attached hydrogens (tertiary/aromatic N) is 4. The van der Waals surface area contributed by atoms with Gasteiger partial charge in [0.15, 0.2) is 0 Å². The number of piperidine rings is 1. The Morgan fingerprint density at radius 3 is 2.80 bits per heavy atom. The number of aromatic amines is 1. The highest BCUT2D eigenvalue weighted by Crippen LogP contribution is 2.22. The van der Waals surface area contributed by atoms with E-state index in [0.29, 0.717) is 12.5 Å². The number of carbonyl (C=O) groups excluding carboxylic acids is 1. The number of ether oxygens (including phenoxy) is 1. The summed E-state index contributed by atoms with van der Waals surface area (Å²) in [4.78, 5) is 23.0. The van der Waals surface area contributed by atoms with Crippen LogP contribution in [0.25, 0.3) is 11.3 Å². The van der Waals surface area contributed by atoms with Gasteiger partial charge in [0.05, 0.1) is 23.8 Å². The molecule has 134 valence electrons. The molecule has 0 radical (unpaired) electrons. The summed E-state index contributed by atoms with van der Waals surface area (Å²) in [7, 11) is 0. The monoisotopic (exact) mass is 343 g/mol. The smallest absolute Gasteiger partial charge is 0.410 e. The van der Waals surface area contributed by atoms with Crippen LogP contribution in [0.4, 0.5) is 4.79 Å². The van der Waals surface area contributed by atoms with Crippen molar-refractivity contribution in [2.24, 2.45) is 5.92 Å². The van der Waals surface area contributed by atoms with E-state index in [1.807, 2.05) is 31.9 Å². The Bertz CT molecular complexity index is 691. The minimum absolute atomic E-state index is 0.224. The van der Waals surface area contributed by atoms with Gasteiger partial charge < -0.3 is 9.64 Å². The lowest BCUT2D eigenvalue weighted by Crippen LogP contribution is -2.43. The Hall–Kier alpha value is -2.44. The number of likely N-dealkylation sites (tertiary alicyclic amines) is 1. The van der Waals surface area contributed by atoms with Crippen molar-refractivity contribution >= 4 is 6.09 Å². The molecule has 3 rings (SSSR count). The molecule has 0 aliphatic carbocycles. The molecule has 7 heteroatoms. The van der Waals surface area contributed by atoms with Gasteiger partial charge in [-0.15, -0.1) is 0 Å². The highest BCUT2D eigenvalue weighted by atomic mass is 16.6. The first-order chi connectivity index (χ1) is 11.9. The summed E-state index contributed by atoms with van der Waals surface area (Å²) < 4.78 is 5.48. The lowest BCUT2D eigenvalue weighted by Gasteiger charge is -2.34. The zero-order chi connectivity index (χ0) is 17.9. The first-order valence-electron chi connectivity index (χ1n) is 8.69. The van der Waals surface area contributed by atoms with E-state index >= 15 is 0 Å². The number of amides is 1. The first kappa shape index (κ1) is 17.4. The summed E-state index contributed by atoms with van der Waals surface area (Å²) in [5.41, 5.74) is 2.21. The Morgan fingerprint density at radius 2 is 2.16 bits per heavy atom. The lowest BCUT2D eigenvalue weighted by molar-refractivity contribution is 0.0165. The molecule has 1 unspecified atom stereocenters. The maximum Gasteiger partial charge on any atom is 0.410 e. The van der Waals surface area contributed by atoms with Crippen LogP contribution in [-0.2, 0) is 11.2 Å². The van der Waals surface area contributed by atoms with Crippen molar-refractivity contribution in [1.82, 2.24) is 25.1 Å². The normalized spacial score (nSPS) is 18.2. The van der Waals surface area contributed by atoms with E-state index in [0.717, 1.165) is 42.8 Å². The van der Waals surface area contributed by atoms with E-state index in [1.165, 1.54) is 0 Å². The van der Waals surface area contributed by atoms with Crippen LogP contribution in [0.15, 0.2) is 24.8 Å². The Balaban J connectivity index is 1.58. The minimum Gasteiger partial charge on any atom is -0.444 e. The van der Waals surface area contributed by atoms with Crippen molar-refractivity contribution in [2.45, 2.75) is 45.6 Å². The van der Waals surface area contributed by atoms with Gasteiger partial charge in [-0.05, 0) is 46.0 Å². The number of rotatable bonds is 3. The van der Waals surface area contributed by atoms with Crippen LogP contribution in [0.2, 0.25) is 0 Å². The predicted molar refractivity (Wildman–Crippen MR) is 93.8 cm³/mol. The Kier molecular flexibility index (Phi) is 5.01. The van der Waals surface area contributed by atoms with Gasteiger partial charge in [-0.25, -0.2) is 4.79 Å². The standard InChI is InChI=1S/C18H25N5O2/c1-18(2,3)25-17(24)23-6-4-5-13(12-23)7-15-10-20-16(11-19-15)14-8-21-22-9-14/h8-11,13H,4-7,12H2,1-3H3,(H,21,22). The molecule has 25 heavy (non-hydrogen) atoms. The van der Waals surface area contributed by atoms with Crippen molar-refractivity contribution in [3.05, 3.63) is 30.5 Å². The molecule has 0 saturated carbocycles. The van der Waals surface area contributed by atoms with Gasteiger partial charge in [-0.1, -0.05) is 0 Å². The molecule has 2 aromatic rings. The summed E-state index contributed by atoms with van der Waals surface area (Å²) in [6, 6.07) is 0. The summed E-state index contributed by atoms with van der Waals surface area (Å²) in [5, 5.41) is 6.70. The molecule has 0 aromatic carbocycles. The molecule has 1 aliphatic rings. The first-order valence-corrected chi connectivity index (χ1v) is 8.69. The summed E-state index contributed by atoms with van der Waals surface area (Å²) in [6.07, 6.45) is 9.78. The Labute approximate surface area is 147 Å². The second kappa shape index (κ2) is 7.21. The molecule has 2 aromatic heterocycles. The van der Waals surface area contributed by atoms with Gasteiger partial charge in [0.25, 0.3) is 0 Å². The SMILES string of the molecule is CC(C)(C)OC(=O)N1CCCC(Cc2cnc(-c3cn[nH]c3)cn2)C1. The molecular weight excluding hydrogens is 318 g/mol. The predicted octanol–water partition coefficient (Wildman–Crippen LogP) is 3.06.